The third kappa shape index (κ3) is 40.6. The molecule has 43 heavy (non-hydrogen) atoms. The van der Waals surface area contributed by atoms with Crippen molar-refractivity contribution < 1.29 is 49.1 Å². The van der Waals surface area contributed by atoms with Crippen LogP contribution in [0.3, 0.4) is 0 Å². The van der Waals surface area contributed by atoms with Crippen LogP contribution in [-0.2, 0) is 28.7 Å². The van der Waals surface area contributed by atoms with Gasteiger partial charge in [0.15, 0.2) is 12.2 Å². The summed E-state index contributed by atoms with van der Waals surface area (Å²) in [6, 6.07) is 0. The van der Waals surface area contributed by atoms with Crippen LogP contribution < -0.4 is 10.2 Å². The number of hydrogen-bond acceptors (Lipinski definition) is 10. The van der Waals surface area contributed by atoms with Crippen LogP contribution >= 0.6 is 0 Å². The molecule has 0 saturated carbocycles. The molecule has 0 aromatic carbocycles. The van der Waals surface area contributed by atoms with Crippen LogP contribution in [0.5, 0.6) is 0 Å². The minimum absolute atomic E-state index is 0.149. The zero-order valence-corrected chi connectivity index (χ0v) is 30.6. The molecule has 2 atom stereocenters. The summed E-state index contributed by atoms with van der Waals surface area (Å²) in [6.45, 7) is 13.6. The number of aliphatic carboxylic acids is 2. The Hall–Kier alpha value is -1.40. The molecule has 0 rings (SSSR count). The Morgan fingerprint density at radius 3 is 1.23 bits per heavy atom. The average Bonchev–Trinajstić information content (AvgIpc) is 2.91. The number of unbranched alkanes of at least 4 members (excludes halogenated alkanes) is 6. The molecule has 0 spiro atoms. The third-order valence-corrected chi connectivity index (χ3v) is 10.1. The second-order valence-electron chi connectivity index (χ2n) is 11.5. The van der Waals surface area contributed by atoms with E-state index in [0.29, 0.717) is 11.8 Å². The number of aliphatic hydroxyl groups excluding tert-OH is 2. The zero-order chi connectivity index (χ0) is 33.5. The van der Waals surface area contributed by atoms with E-state index in [0.717, 1.165) is 51.4 Å². The van der Waals surface area contributed by atoms with Gasteiger partial charge in [-0.25, -0.2) is 9.59 Å². The molecule has 0 heterocycles. The number of carbonyl (C=O) groups is 4. The standard InChI is InChI=1S/2C12H22O5.2C4H9.Sn/c2*1-9(2)6-4-3-5-7-17-12(16)10(13)8-11(14)15;2*1-3-4-2;/h2*9-10,13H,3-8H2,1-2H3,(H,14,15);2*1,3-4H2,2H3;/q;;;;+2/p-2. The van der Waals surface area contributed by atoms with Crippen molar-refractivity contribution in [2.75, 3.05) is 13.2 Å². The summed E-state index contributed by atoms with van der Waals surface area (Å²) in [7, 11) is 0. The van der Waals surface area contributed by atoms with Crippen molar-refractivity contribution in [3.8, 4) is 0 Å². The van der Waals surface area contributed by atoms with Gasteiger partial charge in [0.1, 0.15) is 0 Å². The molecule has 10 nitrogen and oxygen atoms in total. The summed E-state index contributed by atoms with van der Waals surface area (Å²) in [6.07, 6.45) is 9.00. The molecular formula is C32H60O10Sn. The van der Waals surface area contributed by atoms with Gasteiger partial charge in [0.25, 0.3) is 0 Å². The van der Waals surface area contributed by atoms with Gasteiger partial charge in [-0.15, -0.1) is 0 Å². The first kappa shape index (κ1) is 46.0. The van der Waals surface area contributed by atoms with Crippen LogP contribution in [0, 0.1) is 11.8 Å². The fourth-order valence-electron chi connectivity index (χ4n) is 3.41. The van der Waals surface area contributed by atoms with Crippen LogP contribution in [-0.4, -0.2) is 80.7 Å². The number of carboxylic acids is 2. The number of rotatable bonds is 24. The molecule has 0 aromatic rings. The fourth-order valence-corrected chi connectivity index (χ4v) is 7.57. The first-order valence-electron chi connectivity index (χ1n) is 16.1. The maximum atomic E-state index is 11.1. The first-order chi connectivity index (χ1) is 20.3. The monoisotopic (exact) mass is 724 g/mol. The quantitative estimate of drug-likeness (QED) is 0.0851. The van der Waals surface area contributed by atoms with Gasteiger partial charge >= 0.3 is 81.5 Å². The van der Waals surface area contributed by atoms with Gasteiger partial charge in [-0.2, -0.15) is 0 Å². The van der Waals surface area contributed by atoms with E-state index in [-0.39, 0.29) is 34.4 Å². The summed E-state index contributed by atoms with van der Waals surface area (Å²) in [4.78, 5) is 42.3. The van der Waals surface area contributed by atoms with E-state index in [9.17, 15) is 29.4 Å². The Morgan fingerprint density at radius 2 is 0.953 bits per heavy atom. The molecule has 11 heteroatoms. The Morgan fingerprint density at radius 1 is 0.605 bits per heavy atom. The topological polar surface area (TPSA) is 173 Å². The van der Waals surface area contributed by atoms with Crippen molar-refractivity contribution in [3.05, 3.63) is 0 Å². The van der Waals surface area contributed by atoms with E-state index in [1.165, 1.54) is 25.7 Å². The minimum atomic E-state index is -1.62. The van der Waals surface area contributed by atoms with Crippen LogP contribution in [0.1, 0.15) is 131 Å². The van der Waals surface area contributed by atoms with E-state index in [1.807, 2.05) is 0 Å². The number of hydrogen-bond donors (Lipinski definition) is 2. The van der Waals surface area contributed by atoms with Crippen LogP contribution in [0.4, 0.5) is 0 Å². The number of ether oxygens (including phenoxy) is 2. The van der Waals surface area contributed by atoms with Gasteiger partial charge in [-0.05, 0) is 24.7 Å². The van der Waals surface area contributed by atoms with Gasteiger partial charge < -0.3 is 39.5 Å². The average molecular weight is 724 g/mol. The summed E-state index contributed by atoms with van der Waals surface area (Å²) in [5.41, 5.74) is 0. The predicted octanol–water partition coefficient (Wildman–Crippen LogP) is 3.62. The third-order valence-electron chi connectivity index (χ3n) is 6.02. The summed E-state index contributed by atoms with van der Waals surface area (Å²) in [5.74, 6) is -3.38. The zero-order valence-electron chi connectivity index (χ0n) is 27.7. The van der Waals surface area contributed by atoms with Crippen LogP contribution in [0.2, 0.25) is 8.87 Å². The van der Waals surface area contributed by atoms with E-state index in [4.69, 9.17) is 19.7 Å². The normalized spacial score (nSPS) is 11.8. The van der Waals surface area contributed by atoms with Gasteiger partial charge in [-0.3, -0.25) is 0 Å². The Bertz CT molecular complexity index is 629. The molecule has 0 aliphatic rings. The number of carbonyl (C=O) groups excluding carboxylic acids is 4. The molecule has 0 bridgehead atoms. The van der Waals surface area contributed by atoms with Crippen molar-refractivity contribution in [2.24, 2.45) is 11.8 Å². The molecule has 0 fully saturated rings. The van der Waals surface area contributed by atoms with Gasteiger partial charge in [0.2, 0.25) is 0 Å². The summed E-state index contributed by atoms with van der Waals surface area (Å²) < 4.78 is 12.7. The molecule has 0 saturated heterocycles. The molecule has 252 valence electrons. The van der Waals surface area contributed by atoms with Crippen molar-refractivity contribution in [2.45, 2.75) is 153 Å². The molecule has 0 amide bonds. The number of esters is 2. The molecule has 0 aromatic heterocycles. The Labute approximate surface area is 270 Å². The maximum absolute atomic E-state index is 11.1. The molecule has 2 N–H and O–H groups in total. The molecule has 0 aliphatic carbocycles. The van der Waals surface area contributed by atoms with Crippen molar-refractivity contribution >= 4 is 45.0 Å². The second-order valence-corrected chi connectivity index (χ2v) is 15.7. The van der Waals surface area contributed by atoms with E-state index >= 15 is 0 Å². The first-order valence-corrected chi connectivity index (χ1v) is 20.1. The number of carboxylic acid groups (broad SMARTS) is 2. The Balaban J connectivity index is -0.000000586. The predicted molar refractivity (Wildman–Crippen MR) is 165 cm³/mol. The van der Waals surface area contributed by atoms with Crippen LogP contribution in [0.25, 0.3) is 0 Å². The molecular weight excluding hydrogens is 663 g/mol. The summed E-state index contributed by atoms with van der Waals surface area (Å²) >= 11 is 0.149. The Kier molecular flexibility index (Phi) is 35.8. The van der Waals surface area contributed by atoms with Crippen LogP contribution in [0.15, 0.2) is 0 Å². The van der Waals surface area contributed by atoms with E-state index in [1.54, 1.807) is 8.87 Å². The number of aliphatic hydroxyl groups is 2. The van der Waals surface area contributed by atoms with E-state index < -0.39 is 48.9 Å². The van der Waals surface area contributed by atoms with Crippen molar-refractivity contribution in [3.63, 3.8) is 0 Å². The summed E-state index contributed by atoms with van der Waals surface area (Å²) in [5, 5.41) is 38.4. The molecule has 2 unspecified atom stereocenters. The van der Waals surface area contributed by atoms with Gasteiger partial charge in [0.05, 0.1) is 13.2 Å². The van der Waals surface area contributed by atoms with Gasteiger partial charge in [-0.1, -0.05) is 66.2 Å². The van der Waals surface area contributed by atoms with E-state index in [2.05, 4.69) is 41.5 Å². The SMILES string of the molecule is CC(C)CCCCCOC(=O)C(O)CC(=O)[O-].CC(C)CCCCCOC(=O)C(O)CC(=O)[O-].CCC[CH2][Sn+2][CH2]CCC. The second kappa shape index (κ2) is 33.5. The van der Waals surface area contributed by atoms with Gasteiger partial charge in [0, 0.05) is 24.8 Å². The molecule has 0 aliphatic heterocycles. The molecule has 0 radical (unpaired) electrons. The van der Waals surface area contributed by atoms with Crippen molar-refractivity contribution in [1.82, 2.24) is 0 Å². The fraction of sp³-hybridized carbons (Fsp3) is 0.875. The van der Waals surface area contributed by atoms with Crippen molar-refractivity contribution in [1.29, 1.82) is 0 Å².